The van der Waals surface area contributed by atoms with Gasteiger partial charge in [0.1, 0.15) is 11.6 Å². The maximum absolute atomic E-state index is 5.49. The second-order valence-corrected chi connectivity index (χ2v) is 3.44. The Bertz CT molecular complexity index is 275. The van der Waals surface area contributed by atoms with Crippen molar-refractivity contribution in [3.05, 3.63) is 11.6 Å². The lowest BCUT2D eigenvalue weighted by molar-refractivity contribution is 0.696. The van der Waals surface area contributed by atoms with Gasteiger partial charge < -0.3 is 10.3 Å². The van der Waals surface area contributed by atoms with E-state index in [4.69, 9.17) is 5.73 Å². The van der Waals surface area contributed by atoms with Gasteiger partial charge in [0.05, 0.1) is 6.54 Å². The molecule has 0 bridgehead atoms. The van der Waals surface area contributed by atoms with Crippen LogP contribution in [0.4, 0.5) is 0 Å². The van der Waals surface area contributed by atoms with Gasteiger partial charge in [-0.1, -0.05) is 0 Å². The first-order valence-corrected chi connectivity index (χ1v) is 4.38. The molecule has 1 aliphatic rings. The topological polar surface area (TPSA) is 56.7 Å². The highest BCUT2D eigenvalue weighted by atomic mass is 15.3. The van der Waals surface area contributed by atoms with Gasteiger partial charge in [-0.15, -0.1) is 10.2 Å². The number of nitrogens with two attached hydrogens (primary N) is 1. The van der Waals surface area contributed by atoms with Crippen LogP contribution in [0.1, 0.15) is 24.5 Å². The molecule has 1 aromatic rings. The fraction of sp³-hybridized carbons (Fsp3) is 0.750. The van der Waals surface area contributed by atoms with Crippen molar-refractivity contribution in [2.45, 2.75) is 25.8 Å². The third-order valence-electron chi connectivity index (χ3n) is 2.41. The summed E-state index contributed by atoms with van der Waals surface area (Å²) in [6, 6.07) is 0. The van der Waals surface area contributed by atoms with Crippen LogP contribution >= 0.6 is 0 Å². The molecule has 1 aliphatic carbocycles. The van der Waals surface area contributed by atoms with Crippen molar-refractivity contribution in [1.29, 1.82) is 0 Å². The Morgan fingerprint density at radius 1 is 1.42 bits per heavy atom. The SMILES string of the molecule is Cn1c(CN)nnc1CC1CC1. The van der Waals surface area contributed by atoms with E-state index in [9.17, 15) is 0 Å². The number of hydrogen-bond acceptors (Lipinski definition) is 3. The van der Waals surface area contributed by atoms with E-state index in [1.54, 1.807) is 0 Å². The van der Waals surface area contributed by atoms with Gasteiger partial charge in [0.25, 0.3) is 0 Å². The Morgan fingerprint density at radius 3 is 2.58 bits per heavy atom. The molecule has 12 heavy (non-hydrogen) atoms. The summed E-state index contributed by atoms with van der Waals surface area (Å²) < 4.78 is 2.01. The standard InChI is InChI=1S/C8H14N4/c1-12-7(4-6-2-3-6)10-11-8(12)5-9/h6H,2-5,9H2,1H3. The van der Waals surface area contributed by atoms with E-state index in [1.807, 2.05) is 11.6 Å². The zero-order valence-corrected chi connectivity index (χ0v) is 7.32. The van der Waals surface area contributed by atoms with Crippen molar-refractivity contribution in [2.75, 3.05) is 0 Å². The molecular formula is C8H14N4. The summed E-state index contributed by atoms with van der Waals surface area (Å²) in [6.45, 7) is 0.480. The Hall–Kier alpha value is -0.900. The van der Waals surface area contributed by atoms with Crippen LogP contribution < -0.4 is 5.73 Å². The van der Waals surface area contributed by atoms with E-state index in [-0.39, 0.29) is 0 Å². The molecule has 0 atom stereocenters. The highest BCUT2D eigenvalue weighted by molar-refractivity contribution is 4.97. The van der Waals surface area contributed by atoms with Crippen LogP contribution in [0.3, 0.4) is 0 Å². The van der Waals surface area contributed by atoms with E-state index < -0.39 is 0 Å². The fourth-order valence-electron chi connectivity index (χ4n) is 1.33. The van der Waals surface area contributed by atoms with E-state index >= 15 is 0 Å². The van der Waals surface area contributed by atoms with Crippen molar-refractivity contribution in [2.24, 2.45) is 18.7 Å². The van der Waals surface area contributed by atoms with Crippen LogP contribution in [0.5, 0.6) is 0 Å². The average molecular weight is 166 g/mol. The largest absolute Gasteiger partial charge is 0.324 e. The molecule has 0 saturated heterocycles. The maximum atomic E-state index is 5.49. The molecule has 4 nitrogen and oxygen atoms in total. The molecule has 0 amide bonds. The zero-order chi connectivity index (χ0) is 8.55. The number of nitrogens with zero attached hydrogens (tertiary/aromatic N) is 3. The van der Waals surface area contributed by atoms with Crippen molar-refractivity contribution < 1.29 is 0 Å². The summed E-state index contributed by atoms with van der Waals surface area (Å²) >= 11 is 0. The van der Waals surface area contributed by atoms with Gasteiger partial charge in [-0.25, -0.2) is 0 Å². The summed E-state index contributed by atoms with van der Waals surface area (Å²) in [4.78, 5) is 0. The minimum Gasteiger partial charge on any atom is -0.324 e. The second-order valence-electron chi connectivity index (χ2n) is 3.44. The lowest BCUT2D eigenvalue weighted by atomic mass is 10.3. The van der Waals surface area contributed by atoms with Crippen LogP contribution in [0, 0.1) is 5.92 Å². The van der Waals surface area contributed by atoms with Crippen LogP contribution in [0.2, 0.25) is 0 Å². The molecule has 4 heteroatoms. The molecule has 1 aromatic heterocycles. The van der Waals surface area contributed by atoms with Gasteiger partial charge in [-0.2, -0.15) is 0 Å². The number of aromatic nitrogens is 3. The normalized spacial score (nSPS) is 16.8. The molecule has 1 heterocycles. The van der Waals surface area contributed by atoms with Crippen molar-refractivity contribution in [3.8, 4) is 0 Å². The minimum absolute atomic E-state index is 0.480. The Kier molecular flexibility index (Phi) is 1.84. The lowest BCUT2D eigenvalue weighted by Gasteiger charge is -2.00. The van der Waals surface area contributed by atoms with Crippen LogP contribution in [0.25, 0.3) is 0 Å². The number of rotatable bonds is 3. The first-order chi connectivity index (χ1) is 5.81. The zero-order valence-electron chi connectivity index (χ0n) is 7.32. The van der Waals surface area contributed by atoms with Gasteiger partial charge in [0, 0.05) is 13.5 Å². The highest BCUT2D eigenvalue weighted by Gasteiger charge is 2.24. The van der Waals surface area contributed by atoms with Gasteiger partial charge >= 0.3 is 0 Å². The molecule has 0 aromatic carbocycles. The molecule has 1 fully saturated rings. The monoisotopic (exact) mass is 166 g/mol. The Morgan fingerprint density at radius 2 is 2.08 bits per heavy atom. The minimum atomic E-state index is 0.480. The molecule has 2 rings (SSSR count). The highest BCUT2D eigenvalue weighted by Crippen LogP contribution is 2.31. The molecule has 1 saturated carbocycles. The van der Waals surface area contributed by atoms with E-state index in [0.29, 0.717) is 6.54 Å². The molecule has 0 unspecified atom stereocenters. The van der Waals surface area contributed by atoms with E-state index in [2.05, 4.69) is 10.2 Å². The summed E-state index contributed by atoms with van der Waals surface area (Å²) in [7, 11) is 1.99. The third kappa shape index (κ3) is 1.34. The quantitative estimate of drug-likeness (QED) is 0.699. The molecule has 66 valence electrons. The molecular weight excluding hydrogens is 152 g/mol. The van der Waals surface area contributed by atoms with Gasteiger partial charge in [-0.3, -0.25) is 0 Å². The first kappa shape index (κ1) is 7.73. The van der Waals surface area contributed by atoms with Crippen molar-refractivity contribution >= 4 is 0 Å². The summed E-state index contributed by atoms with van der Waals surface area (Å²) in [6.07, 6.45) is 3.78. The smallest absolute Gasteiger partial charge is 0.146 e. The summed E-state index contributed by atoms with van der Waals surface area (Å²) in [5.74, 6) is 2.82. The third-order valence-corrected chi connectivity index (χ3v) is 2.41. The van der Waals surface area contributed by atoms with Crippen molar-refractivity contribution in [3.63, 3.8) is 0 Å². The predicted octanol–water partition coefficient (Wildman–Crippen LogP) is 0.226. The Labute approximate surface area is 71.8 Å². The van der Waals surface area contributed by atoms with Crippen LogP contribution in [-0.4, -0.2) is 14.8 Å². The van der Waals surface area contributed by atoms with E-state index in [1.165, 1.54) is 12.8 Å². The average Bonchev–Trinajstić information content (AvgIpc) is 2.80. The second kappa shape index (κ2) is 2.86. The molecule has 2 N–H and O–H groups in total. The van der Waals surface area contributed by atoms with Gasteiger partial charge in [0.15, 0.2) is 0 Å². The van der Waals surface area contributed by atoms with Crippen LogP contribution in [0.15, 0.2) is 0 Å². The van der Waals surface area contributed by atoms with E-state index in [0.717, 1.165) is 24.0 Å². The number of hydrogen-bond donors (Lipinski definition) is 1. The predicted molar refractivity (Wildman–Crippen MR) is 45.3 cm³/mol. The molecule has 0 aliphatic heterocycles. The van der Waals surface area contributed by atoms with Gasteiger partial charge in [-0.05, 0) is 18.8 Å². The summed E-state index contributed by atoms with van der Waals surface area (Å²) in [5, 5.41) is 8.10. The first-order valence-electron chi connectivity index (χ1n) is 4.38. The van der Waals surface area contributed by atoms with Crippen molar-refractivity contribution in [1.82, 2.24) is 14.8 Å². The van der Waals surface area contributed by atoms with Crippen LogP contribution in [-0.2, 0) is 20.0 Å². The lowest BCUT2D eigenvalue weighted by Crippen LogP contribution is -2.07. The molecule has 0 radical (unpaired) electrons. The fourth-order valence-corrected chi connectivity index (χ4v) is 1.33. The maximum Gasteiger partial charge on any atom is 0.146 e. The van der Waals surface area contributed by atoms with Gasteiger partial charge in [0.2, 0.25) is 0 Å². The summed E-state index contributed by atoms with van der Waals surface area (Å²) in [5.41, 5.74) is 5.49. The molecule has 0 spiro atoms. The Balaban J connectivity index is 2.13.